The summed E-state index contributed by atoms with van der Waals surface area (Å²) in [6, 6.07) is 6.70. The molecular formula is C20H27N3O2. The maximum Gasteiger partial charge on any atom is 0.238 e. The van der Waals surface area contributed by atoms with Gasteiger partial charge in [-0.1, -0.05) is 12.1 Å². The number of carbonyl (C=O) groups is 2. The molecule has 1 aromatic carbocycles. The first-order chi connectivity index (χ1) is 12.0. The average Bonchev–Trinajstić information content (AvgIpc) is 3.51. The number of rotatable bonds is 4. The highest BCUT2D eigenvalue weighted by molar-refractivity contribution is 6.08. The SMILES string of the molecule is Cc1cccc(N2CCN(C(=O)C3(C(=O)NC4CC4)CC3)CC2)c1C. The third kappa shape index (κ3) is 3.00. The van der Waals surface area contributed by atoms with E-state index in [1.165, 1.54) is 16.8 Å². The third-order valence-corrected chi connectivity index (χ3v) is 5.99. The van der Waals surface area contributed by atoms with Gasteiger partial charge >= 0.3 is 0 Å². The zero-order valence-electron chi connectivity index (χ0n) is 15.2. The third-order valence-electron chi connectivity index (χ3n) is 5.99. The molecule has 0 aromatic heterocycles. The second-order valence-corrected chi connectivity index (χ2v) is 7.83. The molecule has 0 unspecified atom stereocenters. The Balaban J connectivity index is 1.39. The second kappa shape index (κ2) is 6.04. The molecule has 5 nitrogen and oxygen atoms in total. The van der Waals surface area contributed by atoms with Crippen molar-refractivity contribution in [3.05, 3.63) is 29.3 Å². The smallest absolute Gasteiger partial charge is 0.238 e. The summed E-state index contributed by atoms with van der Waals surface area (Å²) in [5.41, 5.74) is 3.12. The number of benzene rings is 1. The molecule has 1 saturated heterocycles. The van der Waals surface area contributed by atoms with Crippen LogP contribution in [-0.2, 0) is 9.59 Å². The van der Waals surface area contributed by atoms with Crippen LogP contribution in [0, 0.1) is 19.3 Å². The van der Waals surface area contributed by atoms with Gasteiger partial charge in [0, 0.05) is 37.9 Å². The monoisotopic (exact) mass is 341 g/mol. The van der Waals surface area contributed by atoms with E-state index in [0.717, 1.165) is 25.9 Å². The first-order valence-corrected chi connectivity index (χ1v) is 9.43. The number of nitrogens with zero attached hydrogens (tertiary/aromatic N) is 2. The van der Waals surface area contributed by atoms with Crippen LogP contribution >= 0.6 is 0 Å². The molecule has 2 saturated carbocycles. The van der Waals surface area contributed by atoms with Gasteiger partial charge in [-0.25, -0.2) is 0 Å². The van der Waals surface area contributed by atoms with E-state index >= 15 is 0 Å². The molecule has 5 heteroatoms. The van der Waals surface area contributed by atoms with Crippen molar-refractivity contribution in [3.8, 4) is 0 Å². The first-order valence-electron chi connectivity index (χ1n) is 9.43. The number of anilines is 1. The van der Waals surface area contributed by atoms with E-state index in [0.29, 0.717) is 32.0 Å². The summed E-state index contributed by atoms with van der Waals surface area (Å²) in [5, 5.41) is 3.03. The number of carbonyl (C=O) groups excluding carboxylic acids is 2. The number of piperazine rings is 1. The Morgan fingerprint density at radius 3 is 2.36 bits per heavy atom. The van der Waals surface area contributed by atoms with Gasteiger partial charge in [0.25, 0.3) is 0 Å². The summed E-state index contributed by atoms with van der Waals surface area (Å²) < 4.78 is 0. The molecule has 0 spiro atoms. The van der Waals surface area contributed by atoms with Crippen molar-refractivity contribution in [2.24, 2.45) is 5.41 Å². The minimum atomic E-state index is -0.746. The molecule has 25 heavy (non-hydrogen) atoms. The zero-order valence-corrected chi connectivity index (χ0v) is 15.2. The lowest BCUT2D eigenvalue weighted by atomic mass is 10.0. The lowest BCUT2D eigenvalue weighted by Gasteiger charge is -2.38. The first kappa shape index (κ1) is 16.4. The molecular weight excluding hydrogens is 314 g/mol. The van der Waals surface area contributed by atoms with Crippen LogP contribution in [-0.4, -0.2) is 48.9 Å². The summed E-state index contributed by atoms with van der Waals surface area (Å²) in [4.78, 5) is 29.7. The number of amides is 2. The molecule has 1 aromatic rings. The quantitative estimate of drug-likeness (QED) is 0.853. The van der Waals surface area contributed by atoms with Crippen molar-refractivity contribution in [3.63, 3.8) is 0 Å². The molecule has 1 aliphatic heterocycles. The number of hydrogen-bond acceptors (Lipinski definition) is 3. The predicted molar refractivity (Wildman–Crippen MR) is 97.5 cm³/mol. The molecule has 3 fully saturated rings. The number of nitrogens with one attached hydrogen (secondary N) is 1. The molecule has 1 N–H and O–H groups in total. The minimum Gasteiger partial charge on any atom is -0.368 e. The van der Waals surface area contributed by atoms with Crippen LogP contribution in [0.15, 0.2) is 18.2 Å². The molecule has 0 radical (unpaired) electrons. The van der Waals surface area contributed by atoms with Gasteiger partial charge in [0.15, 0.2) is 0 Å². The lowest BCUT2D eigenvalue weighted by molar-refractivity contribution is -0.144. The van der Waals surface area contributed by atoms with Crippen LogP contribution in [0.4, 0.5) is 5.69 Å². The van der Waals surface area contributed by atoms with Crippen LogP contribution < -0.4 is 10.2 Å². The van der Waals surface area contributed by atoms with Crippen molar-refractivity contribution in [1.29, 1.82) is 0 Å². The number of aryl methyl sites for hydroxylation is 1. The molecule has 2 aliphatic carbocycles. The summed E-state index contributed by atoms with van der Waals surface area (Å²) >= 11 is 0. The molecule has 4 rings (SSSR count). The Morgan fingerprint density at radius 2 is 1.76 bits per heavy atom. The van der Waals surface area contributed by atoms with Gasteiger partial charge in [0.05, 0.1) is 0 Å². The van der Waals surface area contributed by atoms with Crippen molar-refractivity contribution >= 4 is 17.5 Å². The van der Waals surface area contributed by atoms with Crippen LogP contribution in [0.2, 0.25) is 0 Å². The average molecular weight is 341 g/mol. The fourth-order valence-corrected chi connectivity index (χ4v) is 3.75. The van der Waals surface area contributed by atoms with Gasteiger partial charge in [-0.05, 0) is 56.7 Å². The Labute approximate surface area is 149 Å². The van der Waals surface area contributed by atoms with Crippen LogP contribution in [0.5, 0.6) is 0 Å². The highest BCUT2D eigenvalue weighted by Gasteiger charge is 2.58. The second-order valence-electron chi connectivity index (χ2n) is 7.83. The van der Waals surface area contributed by atoms with Crippen molar-refractivity contribution in [2.75, 3.05) is 31.1 Å². The Kier molecular flexibility index (Phi) is 3.97. The van der Waals surface area contributed by atoms with Crippen molar-refractivity contribution in [1.82, 2.24) is 10.2 Å². The van der Waals surface area contributed by atoms with Gasteiger partial charge in [0.1, 0.15) is 5.41 Å². The molecule has 0 bridgehead atoms. The number of hydrogen-bond donors (Lipinski definition) is 1. The molecule has 3 aliphatic rings. The van der Waals surface area contributed by atoms with E-state index in [4.69, 9.17) is 0 Å². The van der Waals surface area contributed by atoms with E-state index in [1.807, 2.05) is 4.90 Å². The standard InChI is InChI=1S/C20H27N3O2/c1-14-4-3-5-17(15(14)2)22-10-12-23(13-11-22)19(25)20(8-9-20)18(24)21-16-6-7-16/h3-5,16H,6-13H2,1-2H3,(H,21,24). The maximum atomic E-state index is 12.9. The van der Waals surface area contributed by atoms with E-state index in [-0.39, 0.29) is 11.8 Å². The van der Waals surface area contributed by atoms with E-state index in [9.17, 15) is 9.59 Å². The van der Waals surface area contributed by atoms with E-state index in [1.54, 1.807) is 0 Å². The Bertz CT molecular complexity index is 699. The van der Waals surface area contributed by atoms with Gasteiger partial charge in [-0.15, -0.1) is 0 Å². The highest BCUT2D eigenvalue weighted by Crippen LogP contribution is 2.48. The lowest BCUT2D eigenvalue weighted by Crippen LogP contribution is -2.53. The topological polar surface area (TPSA) is 52.7 Å². The maximum absolute atomic E-state index is 12.9. The summed E-state index contributed by atoms with van der Waals surface area (Å²) in [6.45, 7) is 7.35. The highest BCUT2D eigenvalue weighted by atomic mass is 16.2. The van der Waals surface area contributed by atoms with Gasteiger partial charge in [-0.3, -0.25) is 9.59 Å². The largest absolute Gasteiger partial charge is 0.368 e. The van der Waals surface area contributed by atoms with E-state index < -0.39 is 5.41 Å². The van der Waals surface area contributed by atoms with Gasteiger partial charge in [0.2, 0.25) is 11.8 Å². The Morgan fingerprint density at radius 1 is 1.08 bits per heavy atom. The van der Waals surface area contributed by atoms with Crippen LogP contribution in [0.3, 0.4) is 0 Å². The molecule has 134 valence electrons. The normalized spacial score (nSPS) is 21.8. The fourth-order valence-electron chi connectivity index (χ4n) is 3.75. The van der Waals surface area contributed by atoms with Crippen molar-refractivity contribution < 1.29 is 9.59 Å². The summed E-state index contributed by atoms with van der Waals surface area (Å²) in [5.74, 6) is 0.0169. The zero-order chi connectivity index (χ0) is 17.6. The van der Waals surface area contributed by atoms with Crippen LogP contribution in [0.25, 0.3) is 0 Å². The molecule has 1 heterocycles. The van der Waals surface area contributed by atoms with E-state index in [2.05, 4.69) is 42.3 Å². The molecule has 2 amide bonds. The Hall–Kier alpha value is -2.04. The van der Waals surface area contributed by atoms with Gasteiger partial charge in [-0.2, -0.15) is 0 Å². The van der Waals surface area contributed by atoms with Crippen molar-refractivity contribution in [2.45, 2.75) is 45.6 Å². The van der Waals surface area contributed by atoms with Gasteiger partial charge < -0.3 is 15.1 Å². The minimum absolute atomic E-state index is 0.0306. The molecule has 0 atom stereocenters. The predicted octanol–water partition coefficient (Wildman–Crippen LogP) is 2.01. The van der Waals surface area contributed by atoms with Crippen LogP contribution in [0.1, 0.15) is 36.8 Å². The fraction of sp³-hybridized carbons (Fsp3) is 0.600. The summed E-state index contributed by atoms with van der Waals surface area (Å²) in [7, 11) is 0. The summed E-state index contributed by atoms with van der Waals surface area (Å²) in [6.07, 6.45) is 3.54.